The first-order valence-corrected chi connectivity index (χ1v) is 9.50. The van der Waals surface area contributed by atoms with Gasteiger partial charge in [-0.2, -0.15) is 0 Å². The van der Waals surface area contributed by atoms with Crippen molar-refractivity contribution in [2.24, 2.45) is 0 Å². The number of aromatic nitrogens is 3. The maximum atomic E-state index is 5.98. The van der Waals surface area contributed by atoms with Crippen molar-refractivity contribution in [2.75, 3.05) is 6.61 Å². The van der Waals surface area contributed by atoms with E-state index in [9.17, 15) is 0 Å². The average Bonchev–Trinajstić information content (AvgIpc) is 3.04. The van der Waals surface area contributed by atoms with Crippen LogP contribution >= 0.6 is 11.8 Å². The number of nitrogens with zero attached hydrogens (tertiary/aromatic N) is 2. The summed E-state index contributed by atoms with van der Waals surface area (Å²) in [5.74, 6) is 2.50. The van der Waals surface area contributed by atoms with Gasteiger partial charge in [0.1, 0.15) is 16.6 Å². The Morgan fingerprint density at radius 2 is 2.04 bits per heavy atom. The first-order valence-electron chi connectivity index (χ1n) is 8.51. The average molecular weight is 357 g/mol. The predicted octanol–water partition coefficient (Wildman–Crippen LogP) is 4.71. The van der Waals surface area contributed by atoms with Crippen LogP contribution in [0.25, 0.3) is 11.0 Å². The number of thioether (sulfide) groups is 1. The topological polar surface area (TPSA) is 60.0 Å². The van der Waals surface area contributed by atoms with Gasteiger partial charge in [-0.05, 0) is 32.0 Å². The molecular formula is C19H23N3O2S. The van der Waals surface area contributed by atoms with Crippen LogP contribution in [-0.2, 0) is 10.5 Å². The summed E-state index contributed by atoms with van der Waals surface area (Å²) in [5.41, 5.74) is 3.08. The second kappa shape index (κ2) is 8.36. The highest BCUT2D eigenvalue weighted by Gasteiger charge is 2.13. The van der Waals surface area contributed by atoms with Crippen molar-refractivity contribution < 1.29 is 9.47 Å². The molecule has 1 aromatic carbocycles. The maximum absolute atomic E-state index is 5.98. The number of hydrogen-bond donors (Lipinski definition) is 1. The van der Waals surface area contributed by atoms with Gasteiger partial charge in [0.2, 0.25) is 0 Å². The molecule has 0 bridgehead atoms. The summed E-state index contributed by atoms with van der Waals surface area (Å²) < 4.78 is 11.6. The van der Waals surface area contributed by atoms with Crippen LogP contribution in [0.3, 0.4) is 0 Å². The fourth-order valence-electron chi connectivity index (χ4n) is 2.55. The van der Waals surface area contributed by atoms with Gasteiger partial charge < -0.3 is 14.5 Å². The first kappa shape index (κ1) is 17.8. The van der Waals surface area contributed by atoms with Crippen LogP contribution in [0.2, 0.25) is 0 Å². The highest BCUT2D eigenvalue weighted by molar-refractivity contribution is 7.98. The minimum atomic E-state index is -0.223. The van der Waals surface area contributed by atoms with Crippen LogP contribution in [0.4, 0.5) is 0 Å². The van der Waals surface area contributed by atoms with Crippen LogP contribution in [0.15, 0.2) is 41.6 Å². The summed E-state index contributed by atoms with van der Waals surface area (Å²) in [6, 6.07) is 9.94. The van der Waals surface area contributed by atoms with E-state index in [1.807, 2.05) is 51.1 Å². The molecule has 1 unspecified atom stereocenters. The largest absolute Gasteiger partial charge is 0.465 e. The van der Waals surface area contributed by atoms with Crippen molar-refractivity contribution in [1.82, 2.24) is 15.0 Å². The van der Waals surface area contributed by atoms with Crippen LogP contribution in [0.5, 0.6) is 5.75 Å². The number of aromatic amines is 1. The fourth-order valence-corrected chi connectivity index (χ4v) is 3.41. The van der Waals surface area contributed by atoms with E-state index in [4.69, 9.17) is 9.47 Å². The molecule has 5 nitrogen and oxygen atoms in total. The zero-order valence-corrected chi connectivity index (χ0v) is 15.6. The third kappa shape index (κ3) is 4.32. The van der Waals surface area contributed by atoms with Crippen LogP contribution in [-0.4, -0.2) is 27.8 Å². The minimum absolute atomic E-state index is 0.223. The number of nitrogens with one attached hydrogen (secondary N) is 1. The quantitative estimate of drug-likeness (QED) is 0.467. The molecule has 0 radical (unpaired) electrons. The lowest BCUT2D eigenvalue weighted by molar-refractivity contribution is -0.0771. The lowest BCUT2D eigenvalue weighted by Gasteiger charge is -2.19. The van der Waals surface area contributed by atoms with E-state index >= 15 is 0 Å². The number of para-hydroxylation sites is 2. The van der Waals surface area contributed by atoms with Crippen molar-refractivity contribution in [3.8, 4) is 5.75 Å². The molecule has 25 heavy (non-hydrogen) atoms. The highest BCUT2D eigenvalue weighted by Crippen LogP contribution is 2.30. The zero-order chi connectivity index (χ0) is 17.6. The number of benzene rings is 1. The Hall–Kier alpha value is -2.05. The molecule has 1 N–H and O–H groups in total. The summed E-state index contributed by atoms with van der Waals surface area (Å²) in [6.45, 7) is 6.69. The van der Waals surface area contributed by atoms with Crippen LogP contribution < -0.4 is 4.74 Å². The van der Waals surface area contributed by atoms with E-state index < -0.39 is 0 Å². The highest BCUT2D eigenvalue weighted by atomic mass is 32.2. The molecule has 0 aliphatic carbocycles. The van der Waals surface area contributed by atoms with E-state index in [-0.39, 0.29) is 6.29 Å². The molecule has 3 aromatic rings. The molecule has 0 fully saturated rings. The molecular weight excluding hydrogens is 334 g/mol. The van der Waals surface area contributed by atoms with Gasteiger partial charge in [0, 0.05) is 24.8 Å². The Kier molecular flexibility index (Phi) is 5.94. The first-order chi connectivity index (χ1) is 12.2. The SMILES string of the molecule is CCOC(CC)Oc1ccnc(SCc2nc3ccccc3[nH]2)c1C. The van der Waals surface area contributed by atoms with Gasteiger partial charge in [-0.15, -0.1) is 0 Å². The number of rotatable bonds is 8. The van der Waals surface area contributed by atoms with Crippen molar-refractivity contribution in [3.63, 3.8) is 0 Å². The number of fused-ring (bicyclic) bond motifs is 1. The van der Waals surface area contributed by atoms with Crippen LogP contribution in [0, 0.1) is 6.92 Å². The van der Waals surface area contributed by atoms with Crippen molar-refractivity contribution in [3.05, 3.63) is 47.9 Å². The molecule has 1 atom stereocenters. The minimum Gasteiger partial charge on any atom is -0.465 e. The molecule has 6 heteroatoms. The molecule has 0 aliphatic rings. The van der Waals surface area contributed by atoms with E-state index in [1.54, 1.807) is 18.0 Å². The normalized spacial score (nSPS) is 12.4. The molecule has 0 amide bonds. The number of hydrogen-bond acceptors (Lipinski definition) is 5. The smallest absolute Gasteiger partial charge is 0.199 e. The van der Waals surface area contributed by atoms with Gasteiger partial charge in [-0.1, -0.05) is 30.8 Å². The number of ether oxygens (including phenoxy) is 2. The number of imidazole rings is 1. The monoisotopic (exact) mass is 357 g/mol. The van der Waals surface area contributed by atoms with Gasteiger partial charge in [-0.3, -0.25) is 0 Å². The van der Waals surface area contributed by atoms with Gasteiger partial charge in [0.05, 0.1) is 16.8 Å². The Bertz CT molecular complexity index is 801. The van der Waals surface area contributed by atoms with Gasteiger partial charge >= 0.3 is 0 Å². The molecule has 132 valence electrons. The standard InChI is InChI=1S/C19H23N3O2S/c1-4-18(23-5-2)24-16-10-11-20-19(13(16)3)25-12-17-21-14-8-6-7-9-15(14)22-17/h6-11,18H,4-5,12H2,1-3H3,(H,21,22). The Labute approximate surface area is 152 Å². The second-order valence-electron chi connectivity index (χ2n) is 5.64. The molecule has 0 spiro atoms. The zero-order valence-electron chi connectivity index (χ0n) is 14.8. The molecule has 3 rings (SSSR count). The van der Waals surface area contributed by atoms with E-state index in [0.29, 0.717) is 6.61 Å². The lowest BCUT2D eigenvalue weighted by atomic mass is 10.3. The Morgan fingerprint density at radius 3 is 2.80 bits per heavy atom. The predicted molar refractivity (Wildman–Crippen MR) is 101 cm³/mol. The molecule has 2 heterocycles. The van der Waals surface area contributed by atoms with E-state index in [2.05, 4.69) is 15.0 Å². The lowest BCUT2D eigenvalue weighted by Crippen LogP contribution is -2.20. The van der Waals surface area contributed by atoms with E-state index in [0.717, 1.165) is 45.4 Å². The molecule has 0 saturated heterocycles. The fraction of sp³-hybridized carbons (Fsp3) is 0.368. The third-order valence-electron chi connectivity index (χ3n) is 3.84. The summed E-state index contributed by atoms with van der Waals surface area (Å²) in [4.78, 5) is 12.4. The molecule has 0 aliphatic heterocycles. The summed E-state index contributed by atoms with van der Waals surface area (Å²) in [6.07, 6.45) is 2.36. The summed E-state index contributed by atoms with van der Waals surface area (Å²) >= 11 is 1.65. The van der Waals surface area contributed by atoms with Gasteiger partial charge in [0.25, 0.3) is 0 Å². The Morgan fingerprint density at radius 1 is 1.20 bits per heavy atom. The van der Waals surface area contributed by atoms with Crippen molar-refractivity contribution >= 4 is 22.8 Å². The van der Waals surface area contributed by atoms with Gasteiger partial charge in [-0.25, -0.2) is 9.97 Å². The third-order valence-corrected chi connectivity index (χ3v) is 4.94. The van der Waals surface area contributed by atoms with Gasteiger partial charge in [0.15, 0.2) is 6.29 Å². The number of H-pyrrole nitrogens is 1. The van der Waals surface area contributed by atoms with E-state index in [1.165, 1.54) is 0 Å². The van der Waals surface area contributed by atoms with Crippen molar-refractivity contribution in [2.45, 2.75) is 44.3 Å². The Balaban J connectivity index is 1.71. The molecule has 0 saturated carbocycles. The maximum Gasteiger partial charge on any atom is 0.199 e. The summed E-state index contributed by atoms with van der Waals surface area (Å²) in [5, 5.41) is 0.948. The van der Waals surface area contributed by atoms with Crippen LogP contribution in [0.1, 0.15) is 31.7 Å². The molecule has 2 aromatic heterocycles. The van der Waals surface area contributed by atoms with Crippen molar-refractivity contribution in [1.29, 1.82) is 0 Å². The number of pyridine rings is 1. The second-order valence-corrected chi connectivity index (χ2v) is 6.60. The summed E-state index contributed by atoms with van der Waals surface area (Å²) in [7, 11) is 0.